The summed E-state index contributed by atoms with van der Waals surface area (Å²) < 4.78 is 0. The second-order valence-corrected chi connectivity index (χ2v) is 6.05. The van der Waals surface area contributed by atoms with Crippen molar-refractivity contribution in [2.45, 2.75) is 44.6 Å². The molecule has 2 N–H and O–H groups in total. The zero-order valence-electron chi connectivity index (χ0n) is 11.7. The molecular formula is C15H21ClN2O2. The van der Waals surface area contributed by atoms with Gasteiger partial charge in [0.05, 0.1) is 5.60 Å². The van der Waals surface area contributed by atoms with E-state index in [0.29, 0.717) is 10.9 Å². The van der Waals surface area contributed by atoms with Crippen molar-refractivity contribution in [1.29, 1.82) is 0 Å². The van der Waals surface area contributed by atoms with Crippen molar-refractivity contribution >= 4 is 17.5 Å². The van der Waals surface area contributed by atoms with Gasteiger partial charge >= 0.3 is 0 Å². The van der Waals surface area contributed by atoms with Crippen molar-refractivity contribution in [2.24, 2.45) is 5.92 Å². The number of aromatic nitrogens is 1. The lowest BCUT2D eigenvalue weighted by atomic mass is 9.78. The summed E-state index contributed by atoms with van der Waals surface area (Å²) in [5.41, 5.74) is -0.497. The van der Waals surface area contributed by atoms with E-state index in [0.717, 1.165) is 32.1 Å². The van der Waals surface area contributed by atoms with Gasteiger partial charge in [0.2, 0.25) is 0 Å². The summed E-state index contributed by atoms with van der Waals surface area (Å²) in [7, 11) is 0. The number of nitrogens with zero attached hydrogens (tertiary/aromatic N) is 1. The number of aliphatic hydroxyl groups is 1. The maximum absolute atomic E-state index is 12.0. The van der Waals surface area contributed by atoms with Crippen LogP contribution in [0.15, 0.2) is 18.3 Å². The first kappa shape index (κ1) is 15.3. The quantitative estimate of drug-likeness (QED) is 0.898. The van der Waals surface area contributed by atoms with Crippen LogP contribution in [0.1, 0.15) is 49.5 Å². The minimum Gasteiger partial charge on any atom is -0.388 e. The monoisotopic (exact) mass is 296 g/mol. The normalized spacial score (nSPS) is 26.2. The fraction of sp³-hybridized carbons (Fsp3) is 0.600. The number of nitrogens with one attached hydrogen (secondary N) is 1. The molecular weight excluding hydrogens is 276 g/mol. The van der Waals surface area contributed by atoms with Gasteiger partial charge in [-0.15, -0.1) is 0 Å². The molecule has 0 radical (unpaired) electrons. The Morgan fingerprint density at radius 2 is 2.25 bits per heavy atom. The van der Waals surface area contributed by atoms with Gasteiger partial charge < -0.3 is 10.4 Å². The van der Waals surface area contributed by atoms with E-state index in [1.54, 1.807) is 6.07 Å². The lowest BCUT2D eigenvalue weighted by molar-refractivity contribution is -0.00790. The van der Waals surface area contributed by atoms with E-state index in [1.807, 2.05) is 0 Å². The van der Waals surface area contributed by atoms with E-state index in [1.165, 1.54) is 12.3 Å². The molecule has 0 atom stereocenters. The maximum Gasteiger partial charge on any atom is 0.270 e. The molecule has 20 heavy (non-hydrogen) atoms. The first-order valence-corrected chi connectivity index (χ1v) is 7.52. The molecule has 2 rings (SSSR count). The molecule has 0 unspecified atom stereocenters. The summed E-state index contributed by atoms with van der Waals surface area (Å²) in [6.45, 7) is 2.46. The van der Waals surface area contributed by atoms with Crippen LogP contribution < -0.4 is 5.32 Å². The van der Waals surface area contributed by atoms with Crippen LogP contribution in [-0.2, 0) is 0 Å². The predicted molar refractivity (Wildman–Crippen MR) is 78.8 cm³/mol. The standard InChI is InChI=1S/C15H21ClN2O2/c1-2-11-3-6-15(20,7-4-11)10-18-14(19)13-9-12(16)5-8-17-13/h5,8-9,11,20H,2-4,6-7,10H2,1H3,(H,18,19). The smallest absolute Gasteiger partial charge is 0.270 e. The minimum atomic E-state index is -0.778. The zero-order valence-corrected chi connectivity index (χ0v) is 12.5. The molecule has 1 aliphatic rings. The van der Waals surface area contributed by atoms with E-state index in [2.05, 4.69) is 17.2 Å². The lowest BCUT2D eigenvalue weighted by Gasteiger charge is -2.35. The number of halogens is 1. The molecule has 5 heteroatoms. The Kier molecular flexibility index (Phi) is 5.00. The van der Waals surface area contributed by atoms with Crippen molar-refractivity contribution in [3.63, 3.8) is 0 Å². The molecule has 1 fully saturated rings. The Labute approximate surface area is 124 Å². The van der Waals surface area contributed by atoms with Crippen LogP contribution in [0.25, 0.3) is 0 Å². The van der Waals surface area contributed by atoms with Crippen LogP contribution in [0, 0.1) is 5.92 Å². The molecule has 0 bridgehead atoms. The van der Waals surface area contributed by atoms with Gasteiger partial charge in [0, 0.05) is 17.8 Å². The molecule has 0 spiro atoms. The van der Waals surface area contributed by atoms with E-state index in [-0.39, 0.29) is 18.1 Å². The third-order valence-electron chi connectivity index (χ3n) is 4.15. The Bertz CT molecular complexity index is 471. The molecule has 4 nitrogen and oxygen atoms in total. The number of rotatable bonds is 4. The predicted octanol–water partition coefficient (Wildman–Crippen LogP) is 2.80. The highest BCUT2D eigenvalue weighted by Gasteiger charge is 2.32. The number of amides is 1. The molecule has 1 heterocycles. The van der Waals surface area contributed by atoms with E-state index in [4.69, 9.17) is 11.6 Å². The summed E-state index contributed by atoms with van der Waals surface area (Å²) >= 11 is 5.83. The van der Waals surface area contributed by atoms with Gasteiger partial charge in [0.15, 0.2) is 0 Å². The molecule has 110 valence electrons. The Morgan fingerprint density at radius 3 is 2.85 bits per heavy atom. The van der Waals surface area contributed by atoms with Crippen LogP contribution in [0.5, 0.6) is 0 Å². The number of carbonyl (C=O) groups is 1. The first-order valence-electron chi connectivity index (χ1n) is 7.14. The van der Waals surface area contributed by atoms with Crippen LogP contribution in [0.2, 0.25) is 5.02 Å². The Hall–Kier alpha value is -1.13. The van der Waals surface area contributed by atoms with E-state index >= 15 is 0 Å². The molecule has 1 aromatic heterocycles. The summed E-state index contributed by atoms with van der Waals surface area (Å²) in [5, 5.41) is 13.7. The van der Waals surface area contributed by atoms with Gasteiger partial charge in [-0.25, -0.2) is 0 Å². The van der Waals surface area contributed by atoms with Crippen LogP contribution in [-0.4, -0.2) is 28.1 Å². The number of hydrogen-bond donors (Lipinski definition) is 2. The highest BCUT2D eigenvalue weighted by atomic mass is 35.5. The SMILES string of the molecule is CCC1CCC(O)(CNC(=O)c2cc(Cl)ccn2)CC1. The number of pyridine rings is 1. The molecule has 0 aromatic carbocycles. The van der Waals surface area contributed by atoms with Gasteiger partial charge in [-0.2, -0.15) is 0 Å². The highest BCUT2D eigenvalue weighted by Crippen LogP contribution is 2.33. The van der Waals surface area contributed by atoms with Crippen molar-refractivity contribution in [3.05, 3.63) is 29.0 Å². The summed E-state index contributed by atoms with van der Waals surface area (Å²) in [6, 6.07) is 3.15. The fourth-order valence-electron chi connectivity index (χ4n) is 2.66. The third kappa shape index (κ3) is 3.93. The molecule has 1 amide bonds. The summed E-state index contributed by atoms with van der Waals surface area (Å²) in [5.74, 6) is 0.416. The van der Waals surface area contributed by atoms with Crippen LogP contribution in [0.3, 0.4) is 0 Å². The zero-order chi connectivity index (χ0) is 14.6. The average Bonchev–Trinajstić information content (AvgIpc) is 2.46. The van der Waals surface area contributed by atoms with Crippen LogP contribution >= 0.6 is 11.6 Å². The Morgan fingerprint density at radius 1 is 1.55 bits per heavy atom. The number of hydrogen-bond acceptors (Lipinski definition) is 3. The molecule has 0 saturated heterocycles. The average molecular weight is 297 g/mol. The number of carbonyl (C=O) groups excluding carboxylic acids is 1. The molecule has 1 saturated carbocycles. The maximum atomic E-state index is 12.0. The third-order valence-corrected chi connectivity index (χ3v) is 4.38. The second kappa shape index (κ2) is 6.55. The first-order chi connectivity index (χ1) is 9.52. The van der Waals surface area contributed by atoms with Crippen molar-refractivity contribution in [2.75, 3.05) is 6.54 Å². The fourth-order valence-corrected chi connectivity index (χ4v) is 2.82. The Balaban J connectivity index is 1.87. The minimum absolute atomic E-state index is 0.274. The van der Waals surface area contributed by atoms with Crippen LogP contribution in [0.4, 0.5) is 0 Å². The van der Waals surface area contributed by atoms with Gasteiger partial charge in [-0.05, 0) is 43.7 Å². The highest BCUT2D eigenvalue weighted by molar-refractivity contribution is 6.30. The summed E-state index contributed by atoms with van der Waals surface area (Å²) in [6.07, 6.45) is 6.20. The van der Waals surface area contributed by atoms with Crippen molar-refractivity contribution < 1.29 is 9.90 Å². The lowest BCUT2D eigenvalue weighted by Crippen LogP contribution is -2.45. The van der Waals surface area contributed by atoms with Gasteiger partial charge in [0.1, 0.15) is 5.69 Å². The van der Waals surface area contributed by atoms with Crippen molar-refractivity contribution in [1.82, 2.24) is 10.3 Å². The van der Waals surface area contributed by atoms with Gasteiger partial charge in [-0.3, -0.25) is 9.78 Å². The van der Waals surface area contributed by atoms with Gasteiger partial charge in [0.25, 0.3) is 5.91 Å². The molecule has 1 aromatic rings. The topological polar surface area (TPSA) is 62.2 Å². The molecule has 1 aliphatic carbocycles. The second-order valence-electron chi connectivity index (χ2n) is 5.62. The van der Waals surface area contributed by atoms with E-state index < -0.39 is 5.60 Å². The molecule has 0 aliphatic heterocycles. The van der Waals surface area contributed by atoms with Crippen molar-refractivity contribution in [3.8, 4) is 0 Å². The summed E-state index contributed by atoms with van der Waals surface area (Å²) in [4.78, 5) is 15.9. The largest absolute Gasteiger partial charge is 0.388 e. The van der Waals surface area contributed by atoms with Gasteiger partial charge in [-0.1, -0.05) is 24.9 Å². The van der Waals surface area contributed by atoms with E-state index in [9.17, 15) is 9.90 Å².